The predicted octanol–water partition coefficient (Wildman–Crippen LogP) is 4.39. The molecular weight excluding hydrogens is 272 g/mol. The number of imidazole rings is 1. The van der Waals surface area contributed by atoms with E-state index in [1.54, 1.807) is 24.3 Å². The highest BCUT2D eigenvalue weighted by atomic mass is 19.4. The number of hydrogen-bond donors (Lipinski definition) is 1. The van der Waals surface area contributed by atoms with Crippen molar-refractivity contribution in [2.45, 2.75) is 6.18 Å². The molecule has 0 aliphatic carbocycles. The molecule has 0 atom stereocenters. The highest BCUT2D eigenvalue weighted by Crippen LogP contribution is 2.33. The zero-order chi connectivity index (χ0) is 14.3. The van der Waals surface area contributed by atoms with Gasteiger partial charge >= 0.3 is 6.18 Å². The van der Waals surface area contributed by atoms with Gasteiger partial charge in [-0.2, -0.15) is 13.2 Å². The zero-order valence-electron chi connectivity index (χ0n) is 10.0. The first-order valence-corrected chi connectivity index (χ1v) is 5.77. The Labute approximate surface area is 111 Å². The van der Waals surface area contributed by atoms with Crippen molar-refractivity contribution in [1.29, 1.82) is 0 Å². The van der Waals surface area contributed by atoms with Gasteiger partial charge in [-0.25, -0.2) is 9.37 Å². The van der Waals surface area contributed by atoms with E-state index in [0.717, 1.165) is 17.6 Å². The lowest BCUT2D eigenvalue weighted by atomic mass is 10.1. The van der Waals surface area contributed by atoms with Crippen LogP contribution >= 0.6 is 0 Å². The Kier molecular flexibility index (Phi) is 2.74. The van der Waals surface area contributed by atoms with Crippen LogP contribution < -0.4 is 0 Å². The van der Waals surface area contributed by atoms with Crippen LogP contribution in [0.5, 0.6) is 0 Å². The second-order valence-electron chi connectivity index (χ2n) is 4.29. The minimum Gasteiger partial charge on any atom is -0.338 e. The molecule has 2 aromatic carbocycles. The van der Waals surface area contributed by atoms with Crippen molar-refractivity contribution in [2.24, 2.45) is 0 Å². The molecule has 3 rings (SSSR count). The van der Waals surface area contributed by atoms with Gasteiger partial charge in [0.25, 0.3) is 0 Å². The first kappa shape index (κ1) is 12.7. The number of hydrogen-bond acceptors (Lipinski definition) is 1. The summed E-state index contributed by atoms with van der Waals surface area (Å²) >= 11 is 0. The number of halogens is 4. The number of fused-ring (bicyclic) bond motifs is 1. The number of nitrogens with zero attached hydrogens (tertiary/aromatic N) is 1. The van der Waals surface area contributed by atoms with E-state index in [1.165, 1.54) is 6.07 Å². The van der Waals surface area contributed by atoms with E-state index < -0.39 is 17.6 Å². The molecule has 0 radical (unpaired) electrons. The third-order valence-corrected chi connectivity index (χ3v) is 2.94. The van der Waals surface area contributed by atoms with Gasteiger partial charge in [0.05, 0.1) is 16.6 Å². The van der Waals surface area contributed by atoms with Gasteiger partial charge in [-0.05, 0) is 24.3 Å². The summed E-state index contributed by atoms with van der Waals surface area (Å²) < 4.78 is 51.0. The van der Waals surface area contributed by atoms with E-state index in [0.29, 0.717) is 11.3 Å². The van der Waals surface area contributed by atoms with Crippen LogP contribution in [0.15, 0.2) is 42.5 Å². The van der Waals surface area contributed by atoms with Crippen LogP contribution in [0.4, 0.5) is 17.6 Å². The Balaban J connectivity index is 2.08. The lowest BCUT2D eigenvalue weighted by molar-refractivity contribution is -0.139. The highest BCUT2D eigenvalue weighted by Gasteiger charge is 2.34. The highest BCUT2D eigenvalue weighted by molar-refractivity contribution is 5.79. The minimum atomic E-state index is -4.70. The van der Waals surface area contributed by atoms with Gasteiger partial charge in [-0.3, -0.25) is 0 Å². The second-order valence-corrected chi connectivity index (χ2v) is 4.29. The molecule has 3 aromatic rings. The summed E-state index contributed by atoms with van der Waals surface area (Å²) in [7, 11) is 0. The first-order chi connectivity index (χ1) is 9.45. The van der Waals surface area contributed by atoms with Crippen molar-refractivity contribution in [3.05, 3.63) is 53.8 Å². The molecule has 1 aromatic heterocycles. The minimum absolute atomic E-state index is 0.270. The SMILES string of the molecule is Fc1cc(-c2nc3ccccc3[nH]2)ccc1C(F)(F)F. The van der Waals surface area contributed by atoms with Crippen LogP contribution in [0.2, 0.25) is 0 Å². The largest absolute Gasteiger partial charge is 0.419 e. The number of rotatable bonds is 1. The van der Waals surface area contributed by atoms with Gasteiger partial charge in [0.1, 0.15) is 11.6 Å². The lowest BCUT2D eigenvalue weighted by Gasteiger charge is -2.08. The molecule has 0 saturated carbocycles. The number of nitrogens with one attached hydrogen (secondary N) is 1. The molecule has 0 aliphatic rings. The van der Waals surface area contributed by atoms with Crippen molar-refractivity contribution in [2.75, 3.05) is 0 Å². The number of benzene rings is 2. The van der Waals surface area contributed by atoms with Crippen LogP contribution in [-0.4, -0.2) is 9.97 Å². The fourth-order valence-electron chi connectivity index (χ4n) is 1.98. The van der Waals surface area contributed by atoms with E-state index in [4.69, 9.17) is 0 Å². The van der Waals surface area contributed by atoms with Gasteiger partial charge in [0, 0.05) is 5.56 Å². The molecule has 0 amide bonds. The van der Waals surface area contributed by atoms with E-state index in [-0.39, 0.29) is 5.56 Å². The maximum absolute atomic E-state index is 13.5. The van der Waals surface area contributed by atoms with Crippen molar-refractivity contribution in [1.82, 2.24) is 9.97 Å². The summed E-state index contributed by atoms with van der Waals surface area (Å²) in [6.45, 7) is 0. The van der Waals surface area contributed by atoms with Gasteiger partial charge in [0.15, 0.2) is 0 Å². The molecule has 0 spiro atoms. The maximum Gasteiger partial charge on any atom is 0.419 e. The van der Waals surface area contributed by atoms with E-state index in [2.05, 4.69) is 9.97 Å². The topological polar surface area (TPSA) is 28.7 Å². The molecule has 6 heteroatoms. The van der Waals surface area contributed by atoms with Gasteiger partial charge in [-0.1, -0.05) is 18.2 Å². The monoisotopic (exact) mass is 280 g/mol. The van der Waals surface area contributed by atoms with Crippen molar-refractivity contribution >= 4 is 11.0 Å². The number of aromatic amines is 1. The molecule has 20 heavy (non-hydrogen) atoms. The summed E-state index contributed by atoms with van der Waals surface area (Å²) in [4.78, 5) is 7.15. The normalized spacial score (nSPS) is 12.0. The summed E-state index contributed by atoms with van der Waals surface area (Å²) in [6.07, 6.45) is -4.70. The Morgan fingerprint density at radius 1 is 1.00 bits per heavy atom. The average molecular weight is 280 g/mol. The quantitative estimate of drug-likeness (QED) is 0.658. The van der Waals surface area contributed by atoms with Gasteiger partial charge < -0.3 is 4.98 Å². The molecule has 1 N–H and O–H groups in total. The van der Waals surface area contributed by atoms with Crippen molar-refractivity contribution in [3.8, 4) is 11.4 Å². The summed E-state index contributed by atoms with van der Waals surface area (Å²) in [5, 5.41) is 0. The van der Waals surface area contributed by atoms with Gasteiger partial charge in [-0.15, -0.1) is 0 Å². The Hall–Kier alpha value is -2.37. The molecule has 0 fully saturated rings. The van der Waals surface area contributed by atoms with Crippen molar-refractivity contribution in [3.63, 3.8) is 0 Å². The lowest BCUT2D eigenvalue weighted by Crippen LogP contribution is -2.07. The first-order valence-electron chi connectivity index (χ1n) is 5.77. The Morgan fingerprint density at radius 2 is 1.75 bits per heavy atom. The molecule has 0 unspecified atom stereocenters. The number of alkyl halides is 3. The zero-order valence-corrected chi connectivity index (χ0v) is 10.0. The maximum atomic E-state index is 13.5. The van der Waals surface area contributed by atoms with Crippen LogP contribution in [-0.2, 0) is 6.18 Å². The fraction of sp³-hybridized carbons (Fsp3) is 0.0714. The molecule has 1 heterocycles. The Bertz CT molecular complexity index is 741. The van der Waals surface area contributed by atoms with Crippen LogP contribution in [0.1, 0.15) is 5.56 Å². The third kappa shape index (κ3) is 2.13. The second kappa shape index (κ2) is 4.33. The summed E-state index contributed by atoms with van der Waals surface area (Å²) in [5.41, 5.74) is 0.398. The summed E-state index contributed by atoms with van der Waals surface area (Å²) in [5.74, 6) is -0.978. The van der Waals surface area contributed by atoms with Gasteiger partial charge in [0.2, 0.25) is 0 Å². The third-order valence-electron chi connectivity index (χ3n) is 2.94. The van der Waals surface area contributed by atoms with E-state index in [1.807, 2.05) is 0 Å². The van der Waals surface area contributed by atoms with Crippen LogP contribution in [0.3, 0.4) is 0 Å². The number of aromatic nitrogens is 2. The average Bonchev–Trinajstić information content (AvgIpc) is 2.80. The predicted molar refractivity (Wildman–Crippen MR) is 66.5 cm³/mol. The standard InChI is InChI=1S/C14H8F4N2/c15-10-7-8(5-6-9(10)14(16,17)18)13-19-11-3-1-2-4-12(11)20-13/h1-7H,(H,19,20). The fourth-order valence-corrected chi connectivity index (χ4v) is 1.98. The number of H-pyrrole nitrogens is 1. The van der Waals surface area contributed by atoms with Crippen LogP contribution in [0.25, 0.3) is 22.4 Å². The van der Waals surface area contributed by atoms with Crippen molar-refractivity contribution < 1.29 is 17.6 Å². The molecule has 102 valence electrons. The smallest absolute Gasteiger partial charge is 0.338 e. The Morgan fingerprint density at radius 3 is 2.40 bits per heavy atom. The molecule has 0 bridgehead atoms. The molecule has 0 saturated heterocycles. The molecule has 0 aliphatic heterocycles. The van der Waals surface area contributed by atoms with E-state index in [9.17, 15) is 17.6 Å². The number of para-hydroxylation sites is 2. The van der Waals surface area contributed by atoms with Crippen LogP contribution in [0, 0.1) is 5.82 Å². The van der Waals surface area contributed by atoms with E-state index >= 15 is 0 Å². The molecule has 2 nitrogen and oxygen atoms in total. The molecular formula is C14H8F4N2. The summed E-state index contributed by atoms with van der Waals surface area (Å²) in [6, 6.07) is 9.89.